The quantitative estimate of drug-likeness (QED) is 0.145. The average molecular weight is 434 g/mol. The number of unbranched alkanes of at least 4 members (excludes halogenated alkanes) is 10. The van der Waals surface area contributed by atoms with E-state index in [-0.39, 0.29) is 0 Å². The zero-order valence-corrected chi connectivity index (χ0v) is 21.3. The van der Waals surface area contributed by atoms with Crippen molar-refractivity contribution in [2.24, 2.45) is 0 Å². The molecule has 0 aliphatic heterocycles. The van der Waals surface area contributed by atoms with Gasteiger partial charge in [-0.3, -0.25) is 0 Å². The lowest BCUT2D eigenvalue weighted by Crippen LogP contribution is -2.14. The Morgan fingerprint density at radius 1 is 0.500 bits per heavy atom. The van der Waals surface area contributed by atoms with E-state index in [1.165, 1.54) is 83.1 Å². The number of hydrogen-bond acceptors (Lipinski definition) is 0. The van der Waals surface area contributed by atoms with Gasteiger partial charge in [0.15, 0.2) is 0 Å². The molecule has 148 valence electrons. The molecule has 0 atom stereocenters. The fourth-order valence-electron chi connectivity index (χ4n) is 2.54. The summed E-state index contributed by atoms with van der Waals surface area (Å²) in [5, 5.41) is 0. The second kappa shape index (κ2) is 17.7. The third-order valence-corrected chi connectivity index (χ3v) is 8.57. The Bertz CT molecular complexity index is 222. The normalized spacial score (nSPS) is 12.0. The first-order valence-corrected chi connectivity index (χ1v) is 19.1. The monoisotopic (exact) mass is 432 g/mol. The van der Waals surface area contributed by atoms with Crippen LogP contribution in [0.3, 0.4) is 0 Å². The van der Waals surface area contributed by atoms with Gasteiger partial charge in [0, 0.05) is 0 Å². The molecule has 0 saturated heterocycles. The van der Waals surface area contributed by atoms with Crippen LogP contribution in [0, 0.1) is 0 Å². The lowest BCUT2D eigenvalue weighted by atomic mass is 10.1. The van der Waals surface area contributed by atoms with Gasteiger partial charge in [0.05, 0.1) is 0 Å². The maximum absolute atomic E-state index is 6.21. The molecule has 0 aromatic rings. The predicted octanol–water partition coefficient (Wildman–Crippen LogP) is 9.69. The van der Waals surface area contributed by atoms with Crippen molar-refractivity contribution < 1.29 is 0 Å². The van der Waals surface area contributed by atoms with Gasteiger partial charge in [-0.2, -0.15) is 11.1 Å². The molecule has 0 aromatic carbocycles. The molecule has 0 nitrogen and oxygen atoms in total. The molecule has 24 heavy (non-hydrogen) atoms. The molecule has 0 unspecified atom stereocenters. The van der Waals surface area contributed by atoms with Crippen molar-refractivity contribution in [3.63, 3.8) is 0 Å². The minimum Gasteiger partial charge on any atom is -0.168 e. The highest BCUT2D eigenvalue weighted by Crippen LogP contribution is 2.23. The molecule has 0 aliphatic carbocycles. The van der Waals surface area contributed by atoms with Crippen molar-refractivity contribution in [1.82, 2.24) is 0 Å². The SMILES string of the molecule is CCCCCCCC[Si](C)(C)Cl.CCCCCCCC[Si](C)(Cl)Cl. The molecule has 0 amide bonds. The van der Waals surface area contributed by atoms with Crippen LogP contribution in [0.1, 0.15) is 90.9 Å². The van der Waals surface area contributed by atoms with Gasteiger partial charge in [0.1, 0.15) is 7.38 Å². The van der Waals surface area contributed by atoms with Gasteiger partial charge < -0.3 is 0 Å². The Labute approximate surface area is 169 Å². The van der Waals surface area contributed by atoms with Crippen LogP contribution < -0.4 is 0 Å². The van der Waals surface area contributed by atoms with E-state index in [1.807, 2.05) is 6.55 Å². The van der Waals surface area contributed by atoms with Crippen molar-refractivity contribution in [2.75, 3.05) is 0 Å². The van der Waals surface area contributed by atoms with Crippen LogP contribution in [-0.2, 0) is 0 Å². The molecule has 0 fully saturated rings. The van der Waals surface area contributed by atoms with Crippen LogP contribution in [0.4, 0.5) is 0 Å². The average Bonchev–Trinajstić information content (AvgIpc) is 2.45. The lowest BCUT2D eigenvalue weighted by molar-refractivity contribution is 0.623. The van der Waals surface area contributed by atoms with E-state index in [1.54, 1.807) is 0 Å². The number of rotatable bonds is 14. The zero-order chi connectivity index (χ0) is 18.9. The molecule has 0 heterocycles. The van der Waals surface area contributed by atoms with E-state index in [2.05, 4.69) is 26.9 Å². The van der Waals surface area contributed by atoms with Crippen LogP contribution >= 0.6 is 33.2 Å². The third-order valence-electron chi connectivity index (χ3n) is 4.09. The molecular formula is C19H43Cl3Si2. The van der Waals surface area contributed by atoms with Crippen molar-refractivity contribution >= 4 is 47.3 Å². The summed E-state index contributed by atoms with van der Waals surface area (Å²) in [6.45, 7) is 9.19. The number of halogens is 3. The summed E-state index contributed by atoms with van der Waals surface area (Å²) in [4.78, 5) is 0. The van der Waals surface area contributed by atoms with Crippen molar-refractivity contribution in [3.8, 4) is 0 Å². The summed E-state index contributed by atoms with van der Waals surface area (Å²) >= 11 is 18.2. The van der Waals surface area contributed by atoms with Crippen molar-refractivity contribution in [2.45, 2.75) is 123 Å². The molecule has 0 aromatic heterocycles. The summed E-state index contributed by atoms with van der Waals surface area (Å²) in [5.41, 5.74) is 0. The molecule has 0 rings (SSSR count). The Hall–Kier alpha value is 1.30. The Balaban J connectivity index is 0. The fourth-order valence-corrected chi connectivity index (χ4v) is 5.71. The summed E-state index contributed by atoms with van der Waals surface area (Å²) < 4.78 is 0. The third kappa shape index (κ3) is 31.1. The molecule has 0 aliphatic rings. The fraction of sp³-hybridized carbons (Fsp3) is 1.00. The lowest BCUT2D eigenvalue weighted by Gasteiger charge is -2.11. The van der Waals surface area contributed by atoms with Gasteiger partial charge in [0.2, 0.25) is 6.69 Å². The standard InChI is InChI=1S/C10H23ClSi.C9H20Cl2Si/c1-4-5-6-7-8-9-10-12(2,3)11;1-3-4-5-6-7-8-9-12(2,10)11/h4-10H2,1-3H3;3-9H2,1-2H3. The van der Waals surface area contributed by atoms with E-state index < -0.39 is 14.1 Å². The largest absolute Gasteiger partial charge is 0.248 e. The minimum atomic E-state index is -1.78. The Kier molecular flexibility index (Phi) is 20.3. The Morgan fingerprint density at radius 2 is 0.833 bits per heavy atom. The van der Waals surface area contributed by atoms with Crippen LogP contribution in [0.25, 0.3) is 0 Å². The highest BCUT2D eigenvalue weighted by atomic mass is 35.7. The minimum absolute atomic E-state index is 1.06. The highest BCUT2D eigenvalue weighted by molar-refractivity contribution is 7.44. The second-order valence-corrected chi connectivity index (χ2v) is 23.1. The number of hydrogen-bond donors (Lipinski definition) is 0. The van der Waals surface area contributed by atoms with Gasteiger partial charge in [-0.25, -0.2) is 0 Å². The van der Waals surface area contributed by atoms with E-state index in [0.29, 0.717) is 0 Å². The first-order valence-electron chi connectivity index (χ1n) is 10.2. The molecule has 0 saturated carbocycles. The molecule has 0 spiro atoms. The van der Waals surface area contributed by atoms with Gasteiger partial charge in [-0.15, -0.1) is 22.2 Å². The molecule has 0 bridgehead atoms. The van der Waals surface area contributed by atoms with Gasteiger partial charge >= 0.3 is 0 Å². The molecule has 0 N–H and O–H groups in total. The van der Waals surface area contributed by atoms with E-state index in [4.69, 9.17) is 33.2 Å². The van der Waals surface area contributed by atoms with Crippen LogP contribution in [-0.4, -0.2) is 14.1 Å². The van der Waals surface area contributed by atoms with E-state index in [9.17, 15) is 0 Å². The Morgan fingerprint density at radius 3 is 1.17 bits per heavy atom. The summed E-state index contributed by atoms with van der Waals surface area (Å²) in [6.07, 6.45) is 16.3. The highest BCUT2D eigenvalue weighted by Gasteiger charge is 2.19. The van der Waals surface area contributed by atoms with Crippen LogP contribution in [0.2, 0.25) is 31.7 Å². The maximum atomic E-state index is 6.21. The molecule has 0 radical (unpaired) electrons. The predicted molar refractivity (Wildman–Crippen MR) is 123 cm³/mol. The van der Waals surface area contributed by atoms with Gasteiger partial charge in [0.25, 0.3) is 0 Å². The van der Waals surface area contributed by atoms with Gasteiger partial charge in [-0.1, -0.05) is 104 Å². The van der Waals surface area contributed by atoms with Crippen LogP contribution in [0.5, 0.6) is 0 Å². The first kappa shape index (κ1) is 27.5. The van der Waals surface area contributed by atoms with E-state index in [0.717, 1.165) is 6.04 Å². The first-order chi connectivity index (χ1) is 11.1. The van der Waals surface area contributed by atoms with Gasteiger partial charge in [-0.05, 0) is 18.6 Å². The summed E-state index contributed by atoms with van der Waals surface area (Å²) in [6, 6.07) is 2.35. The summed E-state index contributed by atoms with van der Waals surface area (Å²) in [7, 11) is -1.25. The smallest absolute Gasteiger partial charge is 0.168 e. The second-order valence-electron chi connectivity index (χ2n) is 7.82. The topological polar surface area (TPSA) is 0 Å². The van der Waals surface area contributed by atoms with Crippen molar-refractivity contribution in [1.29, 1.82) is 0 Å². The molecular weight excluding hydrogens is 391 g/mol. The zero-order valence-electron chi connectivity index (χ0n) is 17.0. The molecule has 5 heteroatoms. The van der Waals surface area contributed by atoms with Crippen LogP contribution in [0.15, 0.2) is 0 Å². The van der Waals surface area contributed by atoms with E-state index >= 15 is 0 Å². The van der Waals surface area contributed by atoms with Crippen molar-refractivity contribution in [3.05, 3.63) is 0 Å². The summed E-state index contributed by atoms with van der Waals surface area (Å²) in [5.74, 6) is 0. The maximum Gasteiger partial charge on any atom is 0.248 e.